The highest BCUT2D eigenvalue weighted by Crippen LogP contribution is 2.35. The molecule has 140 valence electrons. The molecule has 0 saturated carbocycles. The Morgan fingerprint density at radius 2 is 1.96 bits per heavy atom. The van der Waals surface area contributed by atoms with Crippen LogP contribution >= 0.6 is 23.2 Å². The maximum Gasteiger partial charge on any atom is 0.295 e. The van der Waals surface area contributed by atoms with Crippen molar-refractivity contribution in [3.63, 3.8) is 0 Å². The summed E-state index contributed by atoms with van der Waals surface area (Å²) >= 11 is 12.2. The van der Waals surface area contributed by atoms with Crippen LogP contribution in [0.5, 0.6) is 0 Å². The molecule has 0 bridgehead atoms. The van der Waals surface area contributed by atoms with Gasteiger partial charge in [0.1, 0.15) is 5.82 Å². The van der Waals surface area contributed by atoms with E-state index in [9.17, 15) is 14.5 Å². The maximum absolute atomic E-state index is 13.4. The minimum absolute atomic E-state index is 0.0633. The van der Waals surface area contributed by atoms with Crippen molar-refractivity contribution in [2.24, 2.45) is 0 Å². The first kappa shape index (κ1) is 19.1. The molecule has 3 aromatic rings. The highest BCUT2D eigenvalue weighted by Gasteiger charge is 2.38. The Labute approximate surface area is 164 Å². The molecule has 6 nitrogen and oxygen atoms in total. The first-order valence-corrected chi connectivity index (χ1v) is 8.63. The number of aromatic nitrogens is 2. The van der Waals surface area contributed by atoms with Crippen molar-refractivity contribution in [1.29, 1.82) is 0 Å². The highest BCUT2D eigenvalue weighted by molar-refractivity contribution is 6.35. The Kier molecular flexibility index (Phi) is 5.62. The number of nitrogens with zero attached hydrogens (tertiary/aromatic N) is 3. The SMILES string of the molecule is O=[N+]([O-])OC(Cc1ccc(Cl)cc1Cl)(Cn1ccnc1)c1ccc(F)cc1. The molecule has 0 amide bonds. The lowest BCUT2D eigenvalue weighted by molar-refractivity contribution is -0.785. The van der Waals surface area contributed by atoms with Crippen molar-refractivity contribution in [3.05, 3.63) is 98.3 Å². The van der Waals surface area contributed by atoms with Crippen molar-refractivity contribution >= 4 is 23.2 Å². The van der Waals surface area contributed by atoms with Gasteiger partial charge in [-0.1, -0.05) is 41.4 Å². The zero-order chi connectivity index (χ0) is 19.4. The lowest BCUT2D eigenvalue weighted by atomic mass is 9.86. The van der Waals surface area contributed by atoms with E-state index in [1.165, 1.54) is 30.6 Å². The van der Waals surface area contributed by atoms with Gasteiger partial charge in [0.25, 0.3) is 5.09 Å². The minimum atomic E-state index is -1.45. The van der Waals surface area contributed by atoms with E-state index in [0.717, 1.165) is 0 Å². The fourth-order valence-corrected chi connectivity index (χ4v) is 3.38. The van der Waals surface area contributed by atoms with E-state index >= 15 is 0 Å². The summed E-state index contributed by atoms with van der Waals surface area (Å²) in [6, 6.07) is 10.2. The second-order valence-electron chi connectivity index (χ2n) is 5.96. The van der Waals surface area contributed by atoms with Crippen LogP contribution in [0.1, 0.15) is 11.1 Å². The van der Waals surface area contributed by atoms with Gasteiger partial charge in [-0.05, 0) is 35.4 Å². The summed E-state index contributed by atoms with van der Waals surface area (Å²) in [6.07, 6.45) is 4.79. The van der Waals surface area contributed by atoms with E-state index in [2.05, 4.69) is 4.98 Å². The number of imidazole rings is 1. The van der Waals surface area contributed by atoms with Gasteiger partial charge >= 0.3 is 0 Å². The van der Waals surface area contributed by atoms with E-state index in [1.807, 2.05) is 0 Å². The summed E-state index contributed by atoms with van der Waals surface area (Å²) in [5.41, 5.74) is -0.414. The molecule has 1 aromatic heterocycles. The standard InChI is InChI=1S/C18H14Cl2FN3O3/c19-15-4-1-13(17(20)9-15)10-18(27-24(25)26,11-23-8-7-22-12-23)14-2-5-16(21)6-3-14/h1-9,12H,10-11H2. The number of benzene rings is 2. The average molecular weight is 410 g/mol. The second kappa shape index (κ2) is 7.94. The van der Waals surface area contributed by atoms with Crippen LogP contribution in [-0.4, -0.2) is 14.6 Å². The van der Waals surface area contributed by atoms with Gasteiger partial charge in [-0.15, -0.1) is 10.1 Å². The fraction of sp³-hybridized carbons (Fsp3) is 0.167. The number of rotatable bonds is 7. The van der Waals surface area contributed by atoms with Gasteiger partial charge < -0.3 is 9.40 Å². The molecule has 0 saturated heterocycles. The Hall–Kier alpha value is -2.64. The van der Waals surface area contributed by atoms with Gasteiger partial charge in [0.15, 0.2) is 5.60 Å². The molecule has 0 N–H and O–H groups in total. The first-order valence-electron chi connectivity index (χ1n) is 7.87. The van der Waals surface area contributed by atoms with Crippen molar-refractivity contribution in [3.8, 4) is 0 Å². The van der Waals surface area contributed by atoms with Crippen molar-refractivity contribution in [2.75, 3.05) is 0 Å². The second-order valence-corrected chi connectivity index (χ2v) is 6.81. The molecule has 9 heteroatoms. The van der Waals surface area contributed by atoms with Crippen LogP contribution in [0.3, 0.4) is 0 Å². The topological polar surface area (TPSA) is 70.2 Å². The van der Waals surface area contributed by atoms with Gasteiger partial charge in [-0.3, -0.25) is 0 Å². The van der Waals surface area contributed by atoms with Crippen LogP contribution in [0, 0.1) is 15.9 Å². The summed E-state index contributed by atoms with van der Waals surface area (Å²) in [5.74, 6) is -0.457. The van der Waals surface area contributed by atoms with E-state index in [0.29, 0.717) is 21.2 Å². The van der Waals surface area contributed by atoms with Crippen LogP contribution in [0.15, 0.2) is 61.2 Å². The summed E-state index contributed by atoms with van der Waals surface area (Å²) in [5, 5.41) is 11.3. The van der Waals surface area contributed by atoms with Crippen molar-refractivity contribution < 1.29 is 14.3 Å². The van der Waals surface area contributed by atoms with E-state index in [1.54, 1.807) is 35.2 Å². The summed E-state index contributed by atoms with van der Waals surface area (Å²) in [4.78, 5) is 20.5. The zero-order valence-corrected chi connectivity index (χ0v) is 15.4. The lowest BCUT2D eigenvalue weighted by Crippen LogP contribution is -2.39. The molecule has 0 fully saturated rings. The van der Waals surface area contributed by atoms with Gasteiger partial charge in [0.2, 0.25) is 0 Å². The predicted molar refractivity (Wildman–Crippen MR) is 98.6 cm³/mol. The molecule has 0 aliphatic carbocycles. The Balaban J connectivity index is 2.11. The highest BCUT2D eigenvalue weighted by atomic mass is 35.5. The van der Waals surface area contributed by atoms with Gasteiger partial charge in [-0.25, -0.2) is 9.37 Å². The molecule has 2 aromatic carbocycles. The van der Waals surface area contributed by atoms with Crippen molar-refractivity contribution in [1.82, 2.24) is 9.55 Å². The molecule has 0 aliphatic heterocycles. The molecule has 0 aliphatic rings. The quantitative estimate of drug-likeness (QED) is 0.419. The summed E-state index contributed by atoms with van der Waals surface area (Å²) in [6.45, 7) is 0.0680. The molecule has 27 heavy (non-hydrogen) atoms. The molecule has 0 spiro atoms. The molecule has 1 heterocycles. The van der Waals surface area contributed by atoms with Crippen LogP contribution in [0.2, 0.25) is 10.0 Å². The Bertz CT molecular complexity index is 936. The number of halogens is 3. The lowest BCUT2D eigenvalue weighted by Gasteiger charge is -2.32. The number of hydrogen-bond donors (Lipinski definition) is 0. The van der Waals surface area contributed by atoms with E-state index in [-0.39, 0.29) is 13.0 Å². The molecule has 1 unspecified atom stereocenters. The molecular formula is C18H14Cl2FN3O3. The molecule has 0 radical (unpaired) electrons. The van der Waals surface area contributed by atoms with Crippen molar-refractivity contribution in [2.45, 2.75) is 18.6 Å². The third-order valence-corrected chi connectivity index (χ3v) is 4.69. The maximum atomic E-state index is 13.4. The minimum Gasteiger partial charge on any atom is -0.335 e. The smallest absolute Gasteiger partial charge is 0.295 e. The van der Waals surface area contributed by atoms with E-state index < -0.39 is 16.5 Å². The monoisotopic (exact) mass is 409 g/mol. The van der Waals surface area contributed by atoms with Crippen LogP contribution in [0.25, 0.3) is 0 Å². The molecule has 3 rings (SSSR count). The molecule has 1 atom stereocenters. The number of hydrogen-bond acceptors (Lipinski definition) is 4. The Morgan fingerprint density at radius 3 is 2.56 bits per heavy atom. The molecular weight excluding hydrogens is 396 g/mol. The predicted octanol–water partition coefficient (Wildman–Crippen LogP) is 4.68. The largest absolute Gasteiger partial charge is 0.335 e. The zero-order valence-electron chi connectivity index (χ0n) is 13.9. The normalized spacial score (nSPS) is 13.1. The van der Waals surface area contributed by atoms with Gasteiger partial charge in [-0.2, -0.15) is 0 Å². The van der Waals surface area contributed by atoms with E-state index in [4.69, 9.17) is 28.0 Å². The summed E-state index contributed by atoms with van der Waals surface area (Å²) < 4.78 is 15.1. The summed E-state index contributed by atoms with van der Waals surface area (Å²) in [7, 11) is 0. The third-order valence-electron chi connectivity index (χ3n) is 4.11. The van der Waals surface area contributed by atoms with Gasteiger partial charge in [0, 0.05) is 28.9 Å². The van der Waals surface area contributed by atoms with Crippen LogP contribution in [0.4, 0.5) is 4.39 Å². The van der Waals surface area contributed by atoms with Gasteiger partial charge in [0.05, 0.1) is 12.9 Å². The average Bonchev–Trinajstić information content (AvgIpc) is 3.10. The first-order chi connectivity index (χ1) is 12.9. The Morgan fingerprint density at radius 1 is 1.22 bits per heavy atom. The third kappa shape index (κ3) is 4.56. The van der Waals surface area contributed by atoms with Crippen LogP contribution in [-0.2, 0) is 23.4 Å². The fourth-order valence-electron chi connectivity index (χ4n) is 2.91. The van der Waals surface area contributed by atoms with Crippen LogP contribution < -0.4 is 0 Å².